The Morgan fingerprint density at radius 1 is 1.32 bits per heavy atom. The molecule has 1 atom stereocenters. The van der Waals surface area contributed by atoms with E-state index in [1.807, 2.05) is 6.92 Å². The molecule has 1 aliphatic rings. The van der Waals surface area contributed by atoms with Gasteiger partial charge in [0.15, 0.2) is 11.5 Å². The van der Waals surface area contributed by atoms with Crippen molar-refractivity contribution in [3.8, 4) is 11.3 Å². The van der Waals surface area contributed by atoms with E-state index in [1.54, 1.807) is 23.1 Å². The number of hydrogen-bond acceptors (Lipinski definition) is 5. The fourth-order valence-electron chi connectivity index (χ4n) is 2.89. The van der Waals surface area contributed by atoms with E-state index in [-0.39, 0.29) is 29.0 Å². The zero-order chi connectivity index (χ0) is 17.8. The first kappa shape index (κ1) is 17.6. The fourth-order valence-corrected chi connectivity index (χ4v) is 2.89. The first-order chi connectivity index (χ1) is 12.1. The van der Waals surface area contributed by atoms with Gasteiger partial charge >= 0.3 is 0 Å². The molecule has 1 aromatic heterocycles. The molecule has 0 aliphatic carbocycles. The molecule has 1 aromatic carbocycles. The van der Waals surface area contributed by atoms with Crippen LogP contribution in [0, 0.1) is 5.82 Å². The second-order valence-electron chi connectivity index (χ2n) is 6.21. The molecule has 0 radical (unpaired) electrons. The molecular weight excluding hydrogens is 325 g/mol. The Morgan fingerprint density at radius 2 is 2.04 bits per heavy atom. The number of amides is 1. The molecule has 2 heterocycles. The Labute approximate surface area is 145 Å². The Morgan fingerprint density at radius 3 is 2.72 bits per heavy atom. The van der Waals surface area contributed by atoms with Gasteiger partial charge in [-0.1, -0.05) is 24.2 Å². The van der Waals surface area contributed by atoms with Gasteiger partial charge in [-0.25, -0.2) is 4.39 Å². The molecule has 1 fully saturated rings. The van der Waals surface area contributed by atoms with Crippen molar-refractivity contribution >= 4 is 5.91 Å². The van der Waals surface area contributed by atoms with Crippen LogP contribution < -0.4 is 0 Å². The van der Waals surface area contributed by atoms with Gasteiger partial charge in [0.05, 0.1) is 11.7 Å². The van der Waals surface area contributed by atoms with Crippen LogP contribution in [0.2, 0.25) is 0 Å². The van der Waals surface area contributed by atoms with Gasteiger partial charge in [-0.15, -0.1) is 0 Å². The molecule has 2 aromatic rings. The molecule has 1 amide bonds. The van der Waals surface area contributed by atoms with Crippen molar-refractivity contribution in [3.05, 3.63) is 41.8 Å². The van der Waals surface area contributed by atoms with Crippen molar-refractivity contribution < 1.29 is 18.8 Å². The number of carbonyl (C=O) groups is 1. The molecule has 7 heteroatoms. The Balaban J connectivity index is 1.62. The van der Waals surface area contributed by atoms with Crippen molar-refractivity contribution in [2.24, 2.45) is 0 Å². The third kappa shape index (κ3) is 4.05. The van der Waals surface area contributed by atoms with Gasteiger partial charge in [0, 0.05) is 38.8 Å². The maximum atomic E-state index is 13.8. The maximum absolute atomic E-state index is 13.8. The number of hydrogen-bond donors (Lipinski definition) is 1. The van der Waals surface area contributed by atoms with Crippen LogP contribution in [0.25, 0.3) is 11.3 Å². The van der Waals surface area contributed by atoms with E-state index >= 15 is 0 Å². The average molecular weight is 347 g/mol. The van der Waals surface area contributed by atoms with E-state index < -0.39 is 5.82 Å². The van der Waals surface area contributed by atoms with E-state index in [9.17, 15) is 14.3 Å². The summed E-state index contributed by atoms with van der Waals surface area (Å²) in [6, 6.07) is 7.70. The number of piperazine rings is 1. The number of β-amino-alcohol motifs (C(OH)–C–C–N with tert-alkyl or cyclic N) is 1. The fraction of sp³-hybridized carbons (Fsp3) is 0.444. The van der Waals surface area contributed by atoms with Gasteiger partial charge in [0.2, 0.25) is 0 Å². The summed E-state index contributed by atoms with van der Waals surface area (Å²) in [4.78, 5) is 16.4. The average Bonchev–Trinajstić information content (AvgIpc) is 3.12. The highest BCUT2D eigenvalue weighted by Gasteiger charge is 2.25. The van der Waals surface area contributed by atoms with Crippen LogP contribution in [0.1, 0.15) is 23.8 Å². The summed E-state index contributed by atoms with van der Waals surface area (Å²) in [5.74, 6) is -0.395. The zero-order valence-electron chi connectivity index (χ0n) is 14.2. The molecule has 0 spiro atoms. The minimum Gasteiger partial charge on any atom is -0.392 e. The molecule has 1 saturated heterocycles. The second kappa shape index (κ2) is 7.76. The molecule has 6 nitrogen and oxygen atoms in total. The third-order valence-electron chi connectivity index (χ3n) is 4.47. The molecule has 134 valence electrons. The zero-order valence-corrected chi connectivity index (χ0v) is 14.2. The Bertz CT molecular complexity index is 726. The first-order valence-electron chi connectivity index (χ1n) is 8.49. The van der Waals surface area contributed by atoms with Crippen molar-refractivity contribution in [1.29, 1.82) is 0 Å². The van der Waals surface area contributed by atoms with E-state index in [0.717, 1.165) is 6.42 Å². The van der Waals surface area contributed by atoms with Crippen molar-refractivity contribution in [1.82, 2.24) is 15.0 Å². The maximum Gasteiger partial charge on any atom is 0.276 e. The monoisotopic (exact) mass is 347 g/mol. The SMILES string of the molecule is CC[C@@H](O)CN1CCN(C(=O)c2cc(-c3ccccc3F)on2)CC1. The van der Waals surface area contributed by atoms with Gasteiger partial charge in [-0.2, -0.15) is 0 Å². The summed E-state index contributed by atoms with van der Waals surface area (Å²) in [5, 5.41) is 13.5. The smallest absolute Gasteiger partial charge is 0.276 e. The van der Waals surface area contributed by atoms with E-state index in [0.29, 0.717) is 32.7 Å². The number of rotatable bonds is 5. The van der Waals surface area contributed by atoms with E-state index in [4.69, 9.17) is 4.52 Å². The summed E-state index contributed by atoms with van der Waals surface area (Å²) < 4.78 is 19.0. The van der Waals surface area contributed by atoms with Crippen LogP contribution in [0.3, 0.4) is 0 Å². The van der Waals surface area contributed by atoms with Crippen LogP contribution in [0.4, 0.5) is 4.39 Å². The second-order valence-corrected chi connectivity index (χ2v) is 6.21. The summed E-state index contributed by atoms with van der Waals surface area (Å²) in [5.41, 5.74) is 0.465. The van der Waals surface area contributed by atoms with Crippen LogP contribution >= 0.6 is 0 Å². The lowest BCUT2D eigenvalue weighted by Gasteiger charge is -2.35. The topological polar surface area (TPSA) is 69.8 Å². The van der Waals surface area contributed by atoms with Gasteiger partial charge in [-0.05, 0) is 18.6 Å². The summed E-state index contributed by atoms with van der Waals surface area (Å²) in [6.45, 7) is 5.12. The number of nitrogens with zero attached hydrogens (tertiary/aromatic N) is 3. The molecule has 3 rings (SSSR count). The molecule has 0 unspecified atom stereocenters. The lowest BCUT2D eigenvalue weighted by molar-refractivity contribution is 0.0516. The minimum atomic E-state index is -0.416. The number of carbonyl (C=O) groups excluding carboxylic acids is 1. The standard InChI is InChI=1S/C18H22FN3O3/c1-2-13(23)12-21-7-9-22(10-8-21)18(24)16-11-17(25-20-16)14-5-3-4-6-15(14)19/h3-6,11,13,23H,2,7-10,12H2,1H3/t13-/m1/s1. The Hall–Kier alpha value is -2.25. The van der Waals surface area contributed by atoms with Crippen molar-refractivity contribution in [2.45, 2.75) is 19.4 Å². The number of aromatic nitrogens is 1. The van der Waals surface area contributed by atoms with Gasteiger partial charge in [0.1, 0.15) is 5.82 Å². The highest BCUT2D eigenvalue weighted by molar-refractivity contribution is 5.93. The van der Waals surface area contributed by atoms with E-state index in [1.165, 1.54) is 12.1 Å². The predicted octanol–water partition coefficient (Wildman–Crippen LogP) is 2.01. The lowest BCUT2D eigenvalue weighted by atomic mass is 10.1. The summed E-state index contributed by atoms with van der Waals surface area (Å²) in [7, 11) is 0. The van der Waals surface area contributed by atoms with Crippen LogP contribution in [0.15, 0.2) is 34.9 Å². The number of aliphatic hydroxyl groups excluding tert-OH is 1. The predicted molar refractivity (Wildman–Crippen MR) is 90.5 cm³/mol. The summed E-state index contributed by atoms with van der Waals surface area (Å²) in [6.07, 6.45) is 0.387. The molecule has 25 heavy (non-hydrogen) atoms. The van der Waals surface area contributed by atoms with Gasteiger partial charge in [0.25, 0.3) is 5.91 Å². The first-order valence-corrected chi connectivity index (χ1v) is 8.49. The molecule has 1 N–H and O–H groups in total. The van der Waals surface area contributed by atoms with Crippen molar-refractivity contribution in [3.63, 3.8) is 0 Å². The van der Waals surface area contributed by atoms with E-state index in [2.05, 4.69) is 10.1 Å². The molecular formula is C18H22FN3O3. The normalized spacial score (nSPS) is 16.8. The third-order valence-corrected chi connectivity index (χ3v) is 4.47. The van der Waals surface area contributed by atoms with Gasteiger partial charge in [-0.3, -0.25) is 9.69 Å². The minimum absolute atomic E-state index is 0.181. The number of aliphatic hydroxyl groups is 1. The summed E-state index contributed by atoms with van der Waals surface area (Å²) >= 11 is 0. The lowest BCUT2D eigenvalue weighted by Crippen LogP contribution is -2.50. The van der Waals surface area contributed by atoms with Crippen molar-refractivity contribution in [2.75, 3.05) is 32.7 Å². The number of benzene rings is 1. The Kier molecular flexibility index (Phi) is 5.45. The highest BCUT2D eigenvalue weighted by atomic mass is 19.1. The van der Waals surface area contributed by atoms with Crippen LogP contribution in [0.5, 0.6) is 0 Å². The van der Waals surface area contributed by atoms with Crippen LogP contribution in [-0.2, 0) is 0 Å². The molecule has 0 bridgehead atoms. The highest BCUT2D eigenvalue weighted by Crippen LogP contribution is 2.23. The quantitative estimate of drug-likeness (QED) is 0.896. The molecule has 0 saturated carbocycles. The largest absolute Gasteiger partial charge is 0.392 e. The van der Waals surface area contributed by atoms with Crippen LogP contribution in [-0.4, -0.2) is 64.8 Å². The molecule has 1 aliphatic heterocycles. The number of halogens is 1. The van der Waals surface area contributed by atoms with Gasteiger partial charge < -0.3 is 14.5 Å².